The van der Waals surface area contributed by atoms with Crippen LogP contribution in [-0.2, 0) is 0 Å². The number of nitrogens with zero attached hydrogens (tertiary/aromatic N) is 6. The van der Waals surface area contributed by atoms with Gasteiger partial charge in [0.2, 0.25) is 4.96 Å². The molecule has 0 unspecified atom stereocenters. The number of para-hydroxylation sites is 1. The summed E-state index contributed by atoms with van der Waals surface area (Å²) in [6.07, 6.45) is 7.17. The van der Waals surface area contributed by atoms with Gasteiger partial charge >= 0.3 is 0 Å². The van der Waals surface area contributed by atoms with Gasteiger partial charge in [-0.1, -0.05) is 59.9 Å². The fourth-order valence-corrected chi connectivity index (χ4v) is 4.52. The molecule has 33 heavy (non-hydrogen) atoms. The van der Waals surface area contributed by atoms with Crippen LogP contribution in [0.2, 0.25) is 0 Å². The molecule has 6 rings (SSSR count). The number of fused-ring (bicyclic) bond motifs is 1. The van der Waals surface area contributed by atoms with Crippen molar-refractivity contribution in [3.05, 3.63) is 112 Å². The van der Waals surface area contributed by atoms with Gasteiger partial charge in [0.05, 0.1) is 15.9 Å². The van der Waals surface area contributed by atoms with Crippen LogP contribution in [0.5, 0.6) is 0 Å². The van der Waals surface area contributed by atoms with Crippen molar-refractivity contribution in [1.82, 2.24) is 29.4 Å². The summed E-state index contributed by atoms with van der Waals surface area (Å²) in [5.74, 6) is 0.486. The quantitative estimate of drug-likeness (QED) is 0.412. The Morgan fingerprint density at radius 2 is 1.61 bits per heavy atom. The summed E-state index contributed by atoms with van der Waals surface area (Å²) in [7, 11) is 0. The molecule has 2 aromatic carbocycles. The number of hydrogen-bond donors (Lipinski definition) is 0. The van der Waals surface area contributed by atoms with Crippen molar-refractivity contribution in [3.63, 3.8) is 0 Å². The average molecular weight is 449 g/mol. The van der Waals surface area contributed by atoms with Gasteiger partial charge in [0, 0.05) is 35.3 Å². The number of aromatic nitrogens is 6. The van der Waals surface area contributed by atoms with Crippen molar-refractivity contribution >= 4 is 22.4 Å². The first-order valence-electron chi connectivity index (χ1n) is 10.3. The van der Waals surface area contributed by atoms with Crippen LogP contribution in [0.25, 0.3) is 39.4 Å². The lowest BCUT2D eigenvalue weighted by molar-refractivity contribution is 0.884. The number of hydrogen-bond acceptors (Lipinski definition) is 6. The van der Waals surface area contributed by atoms with Gasteiger partial charge in [0.1, 0.15) is 0 Å². The van der Waals surface area contributed by atoms with Gasteiger partial charge < -0.3 is 0 Å². The van der Waals surface area contributed by atoms with E-state index in [0.717, 1.165) is 28.1 Å². The molecule has 0 saturated heterocycles. The number of pyridine rings is 1. The van der Waals surface area contributed by atoms with E-state index >= 15 is 0 Å². The third-order valence-electron chi connectivity index (χ3n) is 5.20. The molecule has 4 heterocycles. The zero-order chi connectivity index (χ0) is 22.2. The molecule has 0 bridgehead atoms. The minimum Gasteiger partial charge on any atom is -0.266 e. The summed E-state index contributed by atoms with van der Waals surface area (Å²) in [5.41, 5.74) is 4.13. The van der Waals surface area contributed by atoms with E-state index in [2.05, 4.69) is 15.1 Å². The summed E-state index contributed by atoms with van der Waals surface area (Å²) in [6.45, 7) is 0. The smallest absolute Gasteiger partial charge is 0.266 e. The Labute approximate surface area is 191 Å². The molecule has 8 heteroatoms. The van der Waals surface area contributed by atoms with E-state index in [1.807, 2.05) is 89.8 Å². The number of rotatable bonds is 4. The summed E-state index contributed by atoms with van der Waals surface area (Å²) in [4.78, 5) is 22.3. The standard InChI is InChI=1S/C25H16N6OS/c32-24-21(33-25-27-23(29-31(24)25)18-10-7-13-26-15-18)14-19-16-30(20-11-5-2-6-12-20)28-22(19)17-8-3-1-4-9-17/h1-16H. The van der Waals surface area contributed by atoms with Gasteiger partial charge in [-0.3, -0.25) is 9.78 Å². The lowest BCUT2D eigenvalue weighted by Gasteiger charge is -2.00. The molecule has 0 radical (unpaired) electrons. The second-order valence-corrected chi connectivity index (χ2v) is 8.38. The zero-order valence-corrected chi connectivity index (χ0v) is 18.1. The molecule has 0 aliphatic heterocycles. The highest BCUT2D eigenvalue weighted by molar-refractivity contribution is 7.15. The maximum absolute atomic E-state index is 13.1. The van der Waals surface area contributed by atoms with Crippen molar-refractivity contribution in [2.45, 2.75) is 0 Å². The molecule has 158 valence electrons. The van der Waals surface area contributed by atoms with E-state index in [4.69, 9.17) is 5.10 Å². The average Bonchev–Trinajstić information content (AvgIpc) is 3.56. The van der Waals surface area contributed by atoms with Crippen LogP contribution in [0, 0.1) is 0 Å². The third kappa shape index (κ3) is 3.52. The topological polar surface area (TPSA) is 78.0 Å². The van der Waals surface area contributed by atoms with E-state index in [0.29, 0.717) is 15.3 Å². The van der Waals surface area contributed by atoms with Gasteiger partial charge in [0.25, 0.3) is 5.56 Å². The predicted octanol–water partition coefficient (Wildman–Crippen LogP) is 3.61. The van der Waals surface area contributed by atoms with Crippen LogP contribution in [-0.4, -0.2) is 29.4 Å². The normalized spacial score (nSPS) is 11.9. The summed E-state index contributed by atoms with van der Waals surface area (Å²) in [6, 6.07) is 23.5. The maximum Gasteiger partial charge on any atom is 0.291 e. The first-order chi connectivity index (χ1) is 16.3. The van der Waals surface area contributed by atoms with Crippen molar-refractivity contribution in [2.75, 3.05) is 0 Å². The lowest BCUT2D eigenvalue weighted by atomic mass is 10.1. The molecule has 0 saturated carbocycles. The molecule has 4 aromatic heterocycles. The van der Waals surface area contributed by atoms with Gasteiger partial charge in [0.15, 0.2) is 5.82 Å². The Balaban J connectivity index is 1.50. The van der Waals surface area contributed by atoms with Gasteiger partial charge in [-0.15, -0.1) is 5.10 Å². The highest BCUT2D eigenvalue weighted by Crippen LogP contribution is 2.24. The highest BCUT2D eigenvalue weighted by Gasteiger charge is 2.14. The second kappa shape index (κ2) is 7.92. The third-order valence-corrected chi connectivity index (χ3v) is 6.16. The Kier molecular flexibility index (Phi) is 4.63. The molecule has 0 amide bonds. The number of benzene rings is 2. The molecule has 0 aliphatic rings. The van der Waals surface area contributed by atoms with Gasteiger partial charge in [-0.25, -0.2) is 4.68 Å². The molecule has 6 aromatic rings. The largest absolute Gasteiger partial charge is 0.291 e. The van der Waals surface area contributed by atoms with E-state index in [-0.39, 0.29) is 5.56 Å². The maximum atomic E-state index is 13.1. The van der Waals surface area contributed by atoms with Gasteiger partial charge in [-0.2, -0.15) is 14.6 Å². The Bertz CT molecular complexity index is 1670. The molecule has 0 N–H and O–H groups in total. The Morgan fingerprint density at radius 1 is 0.848 bits per heavy atom. The van der Waals surface area contributed by atoms with Crippen LogP contribution < -0.4 is 10.1 Å². The zero-order valence-electron chi connectivity index (χ0n) is 17.2. The molecular weight excluding hydrogens is 432 g/mol. The first-order valence-corrected chi connectivity index (χ1v) is 11.1. The van der Waals surface area contributed by atoms with Crippen molar-refractivity contribution < 1.29 is 0 Å². The Hall–Kier alpha value is -4.43. The SMILES string of the molecule is O=c1c(=Cc2cn(-c3ccccc3)nc2-c2ccccc2)sc2nc(-c3cccnc3)nn12. The van der Waals surface area contributed by atoms with Crippen molar-refractivity contribution in [1.29, 1.82) is 0 Å². The van der Waals surface area contributed by atoms with E-state index < -0.39 is 0 Å². The fraction of sp³-hybridized carbons (Fsp3) is 0. The molecule has 7 nitrogen and oxygen atoms in total. The molecular formula is C25H16N6OS. The first kappa shape index (κ1) is 19.3. The highest BCUT2D eigenvalue weighted by atomic mass is 32.1. The van der Waals surface area contributed by atoms with E-state index in [1.54, 1.807) is 12.4 Å². The molecule has 0 aliphatic carbocycles. The summed E-state index contributed by atoms with van der Waals surface area (Å²) < 4.78 is 3.73. The second-order valence-electron chi connectivity index (χ2n) is 7.37. The van der Waals surface area contributed by atoms with Crippen LogP contribution in [0.4, 0.5) is 0 Å². The van der Waals surface area contributed by atoms with Crippen molar-refractivity contribution in [2.24, 2.45) is 0 Å². The number of thiazole rings is 1. The van der Waals surface area contributed by atoms with Crippen LogP contribution in [0.3, 0.4) is 0 Å². The minimum atomic E-state index is -0.205. The minimum absolute atomic E-state index is 0.205. The summed E-state index contributed by atoms with van der Waals surface area (Å²) >= 11 is 1.31. The Morgan fingerprint density at radius 3 is 2.33 bits per heavy atom. The monoisotopic (exact) mass is 448 g/mol. The van der Waals surface area contributed by atoms with Crippen LogP contribution in [0.1, 0.15) is 5.56 Å². The lowest BCUT2D eigenvalue weighted by Crippen LogP contribution is -2.23. The fourth-order valence-electron chi connectivity index (χ4n) is 3.62. The molecule has 0 atom stereocenters. The van der Waals surface area contributed by atoms with E-state index in [1.165, 1.54) is 15.9 Å². The molecule has 0 spiro atoms. The van der Waals surface area contributed by atoms with Gasteiger partial charge in [-0.05, 0) is 30.3 Å². The van der Waals surface area contributed by atoms with Crippen LogP contribution >= 0.6 is 11.3 Å². The van der Waals surface area contributed by atoms with Crippen molar-refractivity contribution in [3.8, 4) is 28.3 Å². The van der Waals surface area contributed by atoms with E-state index in [9.17, 15) is 4.79 Å². The molecule has 0 fully saturated rings. The predicted molar refractivity (Wildman–Crippen MR) is 128 cm³/mol. The summed E-state index contributed by atoms with van der Waals surface area (Å²) in [5, 5.41) is 9.22. The van der Waals surface area contributed by atoms with Crippen LogP contribution in [0.15, 0.2) is 96.2 Å².